The Morgan fingerprint density at radius 2 is 2.00 bits per heavy atom. The number of benzene rings is 1. The Labute approximate surface area is 117 Å². The highest BCUT2D eigenvalue weighted by molar-refractivity contribution is 14.1. The van der Waals surface area contributed by atoms with E-state index in [0.717, 1.165) is 6.26 Å². The minimum absolute atomic E-state index is 0.169. The number of sulfone groups is 1. The molecule has 88 valence electrons. The minimum Gasteiger partial charge on any atom is -0.290 e. The van der Waals surface area contributed by atoms with Gasteiger partial charge in [0.25, 0.3) is 2.21 Å². The molecular formula is C9H7Cl2IO3S. The fourth-order valence-corrected chi connectivity index (χ4v) is 2.03. The van der Waals surface area contributed by atoms with Gasteiger partial charge in [-0.1, -0.05) is 35.3 Å². The highest BCUT2D eigenvalue weighted by Gasteiger charge is 2.44. The molecule has 3 nitrogen and oxygen atoms in total. The molecular weight excluding hydrogens is 386 g/mol. The van der Waals surface area contributed by atoms with Gasteiger partial charge in [0.2, 0.25) is 5.78 Å². The van der Waals surface area contributed by atoms with Crippen LogP contribution in [0.3, 0.4) is 0 Å². The van der Waals surface area contributed by atoms with E-state index in [2.05, 4.69) is 0 Å². The number of rotatable bonds is 3. The van der Waals surface area contributed by atoms with Crippen molar-refractivity contribution in [3.05, 3.63) is 34.9 Å². The molecule has 0 N–H and O–H groups in total. The van der Waals surface area contributed by atoms with Crippen molar-refractivity contribution in [3.63, 3.8) is 0 Å². The van der Waals surface area contributed by atoms with E-state index >= 15 is 0 Å². The van der Waals surface area contributed by atoms with Gasteiger partial charge in [0.1, 0.15) is 0 Å². The van der Waals surface area contributed by atoms with Crippen molar-refractivity contribution >= 4 is 61.4 Å². The lowest BCUT2D eigenvalue weighted by Crippen LogP contribution is -2.34. The second-order valence-electron chi connectivity index (χ2n) is 3.13. The van der Waals surface area contributed by atoms with Crippen LogP contribution in [-0.2, 0) is 9.84 Å². The molecule has 0 spiro atoms. The molecule has 1 rings (SSSR count). The summed E-state index contributed by atoms with van der Waals surface area (Å²) < 4.78 is 20.7. The standard InChI is InChI=1S/C9H7Cl2IO3S/c1-16(14,15)9(11,12)8(13)6-3-2-4-7(10)5-6/h2-5H,1H3/t9-/m1/s1. The molecule has 0 fully saturated rings. The van der Waals surface area contributed by atoms with Crippen LogP contribution in [0, 0.1) is 0 Å². The van der Waals surface area contributed by atoms with Crippen LogP contribution in [0.25, 0.3) is 0 Å². The van der Waals surface area contributed by atoms with Crippen molar-refractivity contribution < 1.29 is 13.2 Å². The van der Waals surface area contributed by atoms with Crippen molar-refractivity contribution in [2.24, 2.45) is 0 Å². The second kappa shape index (κ2) is 4.80. The third-order valence-corrected chi connectivity index (χ3v) is 7.07. The number of Topliss-reactive ketones (excluding diaryl/α,β-unsaturated/α-hetero) is 1. The summed E-state index contributed by atoms with van der Waals surface area (Å²) >= 11 is 12.9. The summed E-state index contributed by atoms with van der Waals surface area (Å²) in [7, 11) is -3.70. The third-order valence-electron chi connectivity index (χ3n) is 1.82. The topological polar surface area (TPSA) is 51.2 Å². The maximum absolute atomic E-state index is 11.9. The molecule has 0 unspecified atom stereocenters. The number of carbonyl (C=O) groups is 1. The Kier molecular flexibility index (Phi) is 4.26. The fraction of sp³-hybridized carbons (Fsp3) is 0.222. The summed E-state index contributed by atoms with van der Waals surface area (Å²) in [4.78, 5) is 11.9. The van der Waals surface area contributed by atoms with Gasteiger partial charge < -0.3 is 0 Å². The van der Waals surface area contributed by atoms with Gasteiger partial charge in [-0.2, -0.15) is 0 Å². The first kappa shape index (κ1) is 14.2. The first-order valence-electron chi connectivity index (χ1n) is 4.04. The lowest BCUT2D eigenvalue weighted by molar-refractivity contribution is 0.100. The van der Waals surface area contributed by atoms with E-state index in [4.69, 9.17) is 23.2 Å². The van der Waals surface area contributed by atoms with E-state index in [-0.39, 0.29) is 5.56 Å². The van der Waals surface area contributed by atoms with E-state index in [1.165, 1.54) is 34.7 Å². The van der Waals surface area contributed by atoms with Crippen LogP contribution in [0.2, 0.25) is 5.02 Å². The lowest BCUT2D eigenvalue weighted by atomic mass is 10.1. The molecule has 0 saturated carbocycles. The number of hydrogen-bond acceptors (Lipinski definition) is 3. The largest absolute Gasteiger partial charge is 0.290 e. The summed E-state index contributed by atoms with van der Waals surface area (Å²) in [5.41, 5.74) is 0.169. The SMILES string of the molecule is CS(=O)(=O)[C@](Cl)(I)C(=O)c1cccc(Cl)c1. The molecule has 0 aliphatic heterocycles. The van der Waals surface area contributed by atoms with E-state index in [9.17, 15) is 13.2 Å². The molecule has 0 bridgehead atoms. The van der Waals surface area contributed by atoms with Crippen LogP contribution >= 0.6 is 45.8 Å². The molecule has 1 aromatic rings. The first-order chi connectivity index (χ1) is 7.16. The monoisotopic (exact) mass is 392 g/mol. The molecule has 0 amide bonds. The van der Waals surface area contributed by atoms with Gasteiger partial charge in [-0.05, 0) is 34.7 Å². The normalized spacial score (nSPS) is 15.5. The molecule has 0 saturated heterocycles. The molecule has 0 aromatic heterocycles. The zero-order chi connectivity index (χ0) is 12.6. The lowest BCUT2D eigenvalue weighted by Gasteiger charge is -2.16. The zero-order valence-electron chi connectivity index (χ0n) is 8.08. The Hall–Kier alpha value is 0.150. The van der Waals surface area contributed by atoms with Crippen LogP contribution in [0.4, 0.5) is 0 Å². The van der Waals surface area contributed by atoms with Gasteiger partial charge >= 0.3 is 0 Å². The molecule has 0 aliphatic rings. The predicted octanol–water partition coefficient (Wildman–Crippen LogP) is 2.89. The third kappa shape index (κ3) is 2.88. The highest BCUT2D eigenvalue weighted by Crippen LogP contribution is 2.34. The van der Waals surface area contributed by atoms with E-state index in [1.807, 2.05) is 0 Å². The molecule has 1 aromatic carbocycles. The average molecular weight is 393 g/mol. The smallest absolute Gasteiger partial charge is 0.257 e. The number of alkyl halides is 2. The van der Waals surface area contributed by atoms with Crippen LogP contribution in [-0.4, -0.2) is 22.7 Å². The minimum atomic E-state index is -3.70. The van der Waals surface area contributed by atoms with Crippen molar-refractivity contribution in [1.29, 1.82) is 0 Å². The summed E-state index contributed by atoms with van der Waals surface area (Å²) in [5.74, 6) is -0.695. The first-order valence-corrected chi connectivity index (χ1v) is 7.76. The maximum Gasteiger partial charge on any atom is 0.257 e. The average Bonchev–Trinajstić information content (AvgIpc) is 2.14. The summed E-state index contributed by atoms with van der Waals surface area (Å²) in [5, 5.41) is 0.350. The Balaban J connectivity index is 3.23. The van der Waals surface area contributed by atoms with Crippen molar-refractivity contribution in [3.8, 4) is 0 Å². The summed E-state index contributed by atoms with van der Waals surface area (Å²) in [6.07, 6.45) is 0.912. The molecule has 0 heterocycles. The van der Waals surface area contributed by atoms with Crippen LogP contribution < -0.4 is 0 Å². The van der Waals surface area contributed by atoms with E-state index in [1.54, 1.807) is 12.1 Å². The van der Waals surface area contributed by atoms with Crippen LogP contribution in [0.5, 0.6) is 0 Å². The van der Waals surface area contributed by atoms with Gasteiger partial charge in [-0.3, -0.25) is 4.79 Å². The Bertz CT molecular complexity index is 525. The molecule has 0 radical (unpaired) electrons. The number of hydrogen-bond donors (Lipinski definition) is 0. The maximum atomic E-state index is 11.9. The van der Waals surface area contributed by atoms with Crippen molar-refractivity contribution in [2.75, 3.05) is 6.26 Å². The Morgan fingerprint density at radius 1 is 1.44 bits per heavy atom. The molecule has 1 atom stereocenters. The van der Waals surface area contributed by atoms with E-state index in [0.29, 0.717) is 5.02 Å². The van der Waals surface area contributed by atoms with Crippen LogP contribution in [0.15, 0.2) is 24.3 Å². The fourth-order valence-electron chi connectivity index (χ4n) is 0.966. The quantitative estimate of drug-likeness (QED) is 0.451. The number of halogens is 3. The van der Waals surface area contributed by atoms with Gasteiger partial charge in [0, 0.05) is 16.8 Å². The van der Waals surface area contributed by atoms with E-state index < -0.39 is 17.8 Å². The van der Waals surface area contributed by atoms with Crippen molar-refractivity contribution in [1.82, 2.24) is 0 Å². The van der Waals surface area contributed by atoms with Gasteiger partial charge in [-0.25, -0.2) is 8.42 Å². The number of ketones is 1. The second-order valence-corrected chi connectivity index (χ2v) is 9.50. The molecule has 7 heteroatoms. The van der Waals surface area contributed by atoms with Crippen LogP contribution in [0.1, 0.15) is 10.4 Å². The summed E-state index contributed by atoms with van der Waals surface area (Å²) in [6, 6.07) is 5.99. The molecule has 0 aliphatic carbocycles. The van der Waals surface area contributed by atoms with Gasteiger partial charge in [0.05, 0.1) is 0 Å². The van der Waals surface area contributed by atoms with Gasteiger partial charge in [-0.15, -0.1) is 0 Å². The Morgan fingerprint density at radius 3 is 2.44 bits per heavy atom. The number of carbonyl (C=O) groups excluding carboxylic acids is 1. The summed E-state index contributed by atoms with van der Waals surface area (Å²) in [6.45, 7) is 0. The highest BCUT2D eigenvalue weighted by atomic mass is 127. The zero-order valence-corrected chi connectivity index (χ0v) is 12.6. The van der Waals surface area contributed by atoms with Crippen molar-refractivity contribution in [2.45, 2.75) is 2.21 Å². The molecule has 16 heavy (non-hydrogen) atoms. The predicted molar refractivity (Wildman–Crippen MR) is 73.2 cm³/mol. The van der Waals surface area contributed by atoms with Gasteiger partial charge in [0.15, 0.2) is 9.84 Å².